The number of hydrogen-bond donors (Lipinski definition) is 2. The topological polar surface area (TPSA) is 66.0 Å². The second-order valence-corrected chi connectivity index (χ2v) is 5.67. The maximum atomic E-state index is 4.51. The van der Waals surface area contributed by atoms with Gasteiger partial charge in [-0.15, -0.1) is 0 Å². The first-order valence-corrected chi connectivity index (χ1v) is 7.68. The van der Waals surface area contributed by atoms with Gasteiger partial charge in [-0.2, -0.15) is 5.10 Å². The summed E-state index contributed by atoms with van der Waals surface area (Å²) in [5.74, 6) is 0.808. The predicted octanol–water partition coefficient (Wildman–Crippen LogP) is 3.87. The molecule has 3 heterocycles. The van der Waals surface area contributed by atoms with Crippen LogP contribution in [0.25, 0.3) is 16.5 Å². The molecule has 1 aromatic carbocycles. The largest absolute Gasteiger partial charge is 0.338 e. The van der Waals surface area contributed by atoms with Crippen LogP contribution in [0, 0.1) is 6.92 Å². The zero-order valence-corrected chi connectivity index (χ0v) is 12.9. The van der Waals surface area contributed by atoms with Gasteiger partial charge in [-0.25, -0.2) is 0 Å². The van der Waals surface area contributed by atoms with Crippen molar-refractivity contribution in [3.05, 3.63) is 53.9 Å². The summed E-state index contributed by atoms with van der Waals surface area (Å²) in [7, 11) is 0. The Morgan fingerprint density at radius 2 is 2.17 bits per heavy atom. The highest BCUT2D eigenvalue weighted by molar-refractivity contribution is 6.10. The van der Waals surface area contributed by atoms with Crippen LogP contribution in [0.2, 0.25) is 0 Å². The van der Waals surface area contributed by atoms with Gasteiger partial charge in [0.15, 0.2) is 5.82 Å². The second-order valence-electron chi connectivity index (χ2n) is 5.67. The number of rotatable bonds is 3. The molecule has 0 unspecified atom stereocenters. The number of fused-ring (bicyclic) bond motifs is 1. The number of aromatic amines is 1. The molecule has 2 N–H and O–H groups in total. The molecule has 0 saturated heterocycles. The van der Waals surface area contributed by atoms with E-state index in [1.165, 1.54) is 5.56 Å². The van der Waals surface area contributed by atoms with Gasteiger partial charge in [0.05, 0.1) is 17.4 Å². The van der Waals surface area contributed by atoms with Crippen LogP contribution in [0.4, 0.5) is 11.5 Å². The number of nitrogens with zero attached hydrogens (tertiary/aromatic N) is 3. The molecule has 0 radical (unpaired) electrons. The van der Waals surface area contributed by atoms with Crippen molar-refractivity contribution in [3.8, 4) is 0 Å². The third-order valence-corrected chi connectivity index (χ3v) is 3.88. The zero-order chi connectivity index (χ0) is 15.6. The number of H-pyrrole nitrogens is 1. The molecule has 23 heavy (non-hydrogen) atoms. The van der Waals surface area contributed by atoms with E-state index in [0.29, 0.717) is 0 Å². The Morgan fingerprint density at radius 1 is 1.22 bits per heavy atom. The SMILES string of the molecule is Cc1cccc(Nc2n[nH]c3cnc(C4=CCCN=C4)cc23)c1. The van der Waals surface area contributed by atoms with Gasteiger partial charge in [0.1, 0.15) is 0 Å². The third-order valence-electron chi connectivity index (χ3n) is 3.88. The van der Waals surface area contributed by atoms with Gasteiger partial charge >= 0.3 is 0 Å². The Bertz CT molecular complexity index is 920. The summed E-state index contributed by atoms with van der Waals surface area (Å²) < 4.78 is 0. The van der Waals surface area contributed by atoms with Crippen molar-refractivity contribution >= 4 is 34.2 Å². The fraction of sp³-hybridized carbons (Fsp3) is 0.167. The number of aliphatic imine (C=N–C) groups is 1. The number of aromatic nitrogens is 3. The molecule has 0 aliphatic carbocycles. The van der Waals surface area contributed by atoms with E-state index in [2.05, 4.69) is 56.7 Å². The molecule has 0 saturated carbocycles. The van der Waals surface area contributed by atoms with Crippen molar-refractivity contribution in [1.82, 2.24) is 15.2 Å². The molecule has 114 valence electrons. The van der Waals surface area contributed by atoms with Gasteiger partial charge in [-0.05, 0) is 37.1 Å². The Morgan fingerprint density at radius 3 is 3.00 bits per heavy atom. The maximum Gasteiger partial charge on any atom is 0.160 e. The van der Waals surface area contributed by atoms with Gasteiger partial charge in [-0.3, -0.25) is 15.1 Å². The number of benzene rings is 1. The number of nitrogens with one attached hydrogen (secondary N) is 2. The van der Waals surface area contributed by atoms with Crippen LogP contribution < -0.4 is 5.32 Å². The number of allylic oxidation sites excluding steroid dienone is 1. The van der Waals surface area contributed by atoms with Crippen LogP contribution >= 0.6 is 0 Å². The van der Waals surface area contributed by atoms with Gasteiger partial charge < -0.3 is 5.32 Å². The minimum Gasteiger partial charge on any atom is -0.338 e. The molecule has 1 aliphatic rings. The molecule has 0 atom stereocenters. The molecule has 5 nitrogen and oxygen atoms in total. The Hall–Kier alpha value is -2.95. The van der Waals surface area contributed by atoms with Crippen molar-refractivity contribution in [2.24, 2.45) is 4.99 Å². The summed E-state index contributed by atoms with van der Waals surface area (Å²) >= 11 is 0. The van der Waals surface area contributed by atoms with Crippen LogP contribution in [-0.4, -0.2) is 27.9 Å². The first-order chi connectivity index (χ1) is 11.3. The lowest BCUT2D eigenvalue weighted by atomic mass is 10.1. The Balaban J connectivity index is 1.73. The zero-order valence-electron chi connectivity index (χ0n) is 12.9. The lowest BCUT2D eigenvalue weighted by molar-refractivity contribution is 1.00. The summed E-state index contributed by atoms with van der Waals surface area (Å²) in [6.45, 7) is 2.93. The quantitative estimate of drug-likeness (QED) is 0.772. The number of anilines is 2. The van der Waals surface area contributed by atoms with Gasteiger partial charge in [0.2, 0.25) is 0 Å². The lowest BCUT2D eigenvalue weighted by Gasteiger charge is -2.07. The van der Waals surface area contributed by atoms with E-state index < -0.39 is 0 Å². The van der Waals surface area contributed by atoms with Crippen molar-refractivity contribution in [2.45, 2.75) is 13.3 Å². The summed E-state index contributed by atoms with van der Waals surface area (Å²) in [5, 5.41) is 11.8. The normalized spacial score (nSPS) is 14.0. The van der Waals surface area contributed by atoms with Crippen LogP contribution in [0.5, 0.6) is 0 Å². The molecule has 3 aromatic rings. The van der Waals surface area contributed by atoms with Crippen molar-refractivity contribution in [3.63, 3.8) is 0 Å². The molecule has 5 heteroatoms. The standard InChI is InChI=1S/C18H17N5/c1-12-4-2-6-14(8-12)21-18-15-9-16(13-5-3-7-19-10-13)20-11-17(15)22-23-18/h2,4-6,8-11H,3,7H2,1H3,(H2,21,22,23). The van der Waals surface area contributed by atoms with E-state index in [1.807, 2.05) is 24.5 Å². The molecular formula is C18H17N5. The lowest BCUT2D eigenvalue weighted by Crippen LogP contribution is -1.97. The van der Waals surface area contributed by atoms with Crippen molar-refractivity contribution in [2.75, 3.05) is 11.9 Å². The molecule has 2 aromatic heterocycles. The smallest absolute Gasteiger partial charge is 0.160 e. The molecule has 0 fully saturated rings. The van der Waals surface area contributed by atoms with Crippen LogP contribution in [0.3, 0.4) is 0 Å². The van der Waals surface area contributed by atoms with Crippen molar-refractivity contribution < 1.29 is 0 Å². The minimum absolute atomic E-state index is 0.808. The van der Waals surface area contributed by atoms with E-state index in [9.17, 15) is 0 Å². The predicted molar refractivity (Wildman–Crippen MR) is 94.3 cm³/mol. The molecule has 0 spiro atoms. The average molecular weight is 303 g/mol. The molecule has 1 aliphatic heterocycles. The van der Waals surface area contributed by atoms with E-state index in [-0.39, 0.29) is 0 Å². The van der Waals surface area contributed by atoms with Gasteiger partial charge in [0.25, 0.3) is 0 Å². The second kappa shape index (κ2) is 5.68. The van der Waals surface area contributed by atoms with E-state index in [0.717, 1.165) is 46.6 Å². The van der Waals surface area contributed by atoms with E-state index in [4.69, 9.17) is 0 Å². The highest BCUT2D eigenvalue weighted by Crippen LogP contribution is 2.26. The fourth-order valence-electron chi connectivity index (χ4n) is 2.71. The number of pyridine rings is 1. The van der Waals surface area contributed by atoms with Crippen molar-refractivity contribution in [1.29, 1.82) is 0 Å². The molecule has 0 bridgehead atoms. The monoisotopic (exact) mass is 303 g/mol. The molecule has 0 amide bonds. The van der Waals surface area contributed by atoms with Gasteiger partial charge in [-0.1, -0.05) is 18.2 Å². The number of dihydropyridines is 1. The van der Waals surface area contributed by atoms with Crippen LogP contribution in [0.1, 0.15) is 17.7 Å². The number of aryl methyl sites for hydroxylation is 1. The first kappa shape index (κ1) is 13.7. The fourth-order valence-corrected chi connectivity index (χ4v) is 2.71. The number of hydrogen-bond acceptors (Lipinski definition) is 4. The Labute approximate surface area is 134 Å². The average Bonchev–Trinajstić information content (AvgIpc) is 2.98. The summed E-state index contributed by atoms with van der Waals surface area (Å²) in [4.78, 5) is 8.84. The highest BCUT2D eigenvalue weighted by Gasteiger charge is 2.10. The molecule has 4 rings (SSSR count). The first-order valence-electron chi connectivity index (χ1n) is 7.68. The van der Waals surface area contributed by atoms with Crippen LogP contribution in [0.15, 0.2) is 47.6 Å². The van der Waals surface area contributed by atoms with E-state index >= 15 is 0 Å². The third kappa shape index (κ3) is 2.73. The Kier molecular flexibility index (Phi) is 3.38. The van der Waals surface area contributed by atoms with E-state index in [1.54, 1.807) is 0 Å². The van der Waals surface area contributed by atoms with Gasteiger partial charge in [0, 0.05) is 29.4 Å². The summed E-state index contributed by atoms with van der Waals surface area (Å²) in [6.07, 6.45) is 6.86. The summed E-state index contributed by atoms with van der Waals surface area (Å²) in [5.41, 5.74) is 5.14. The highest BCUT2D eigenvalue weighted by atomic mass is 15.2. The minimum atomic E-state index is 0.808. The summed E-state index contributed by atoms with van der Waals surface area (Å²) in [6, 6.07) is 10.3. The molecular weight excluding hydrogens is 286 g/mol. The van der Waals surface area contributed by atoms with Crippen LogP contribution in [-0.2, 0) is 0 Å². The maximum absolute atomic E-state index is 4.51.